The molecule has 1 aliphatic rings. The molecular formula is C9H19NO2. The van der Waals surface area contributed by atoms with Gasteiger partial charge in [-0.1, -0.05) is 31.8 Å². The summed E-state index contributed by atoms with van der Waals surface area (Å²) < 4.78 is 0. The highest BCUT2D eigenvalue weighted by molar-refractivity contribution is 4.63. The van der Waals surface area contributed by atoms with E-state index in [-0.39, 0.29) is 0 Å². The SMILES string of the molecule is CCCONOC1CCCCC1. The highest BCUT2D eigenvalue weighted by atomic mass is 16.9. The van der Waals surface area contributed by atoms with Gasteiger partial charge in [-0.3, -0.25) is 9.68 Å². The third kappa shape index (κ3) is 4.04. The van der Waals surface area contributed by atoms with Gasteiger partial charge in [0.05, 0.1) is 12.7 Å². The van der Waals surface area contributed by atoms with Crippen molar-refractivity contribution in [2.24, 2.45) is 0 Å². The van der Waals surface area contributed by atoms with Crippen LogP contribution in [0.4, 0.5) is 0 Å². The van der Waals surface area contributed by atoms with E-state index in [1.54, 1.807) is 0 Å². The molecule has 0 atom stereocenters. The summed E-state index contributed by atoms with van der Waals surface area (Å²) in [6, 6.07) is 0. The fourth-order valence-corrected chi connectivity index (χ4v) is 1.43. The maximum absolute atomic E-state index is 5.31. The second kappa shape index (κ2) is 6.40. The third-order valence-electron chi connectivity index (χ3n) is 2.13. The van der Waals surface area contributed by atoms with Gasteiger partial charge < -0.3 is 0 Å². The minimum atomic E-state index is 0.371. The van der Waals surface area contributed by atoms with E-state index < -0.39 is 0 Å². The van der Waals surface area contributed by atoms with Crippen molar-refractivity contribution in [3.63, 3.8) is 0 Å². The molecule has 3 nitrogen and oxygen atoms in total. The first kappa shape index (κ1) is 9.96. The van der Waals surface area contributed by atoms with Crippen molar-refractivity contribution in [3.05, 3.63) is 0 Å². The van der Waals surface area contributed by atoms with Crippen LogP contribution in [0.5, 0.6) is 0 Å². The first-order valence-electron chi connectivity index (χ1n) is 4.96. The van der Waals surface area contributed by atoms with Gasteiger partial charge in [0.1, 0.15) is 0 Å². The average molecular weight is 173 g/mol. The predicted octanol–water partition coefficient (Wildman–Crippen LogP) is 2.18. The Labute approximate surface area is 74.3 Å². The highest BCUT2D eigenvalue weighted by Gasteiger charge is 2.13. The zero-order valence-electron chi connectivity index (χ0n) is 7.84. The van der Waals surface area contributed by atoms with E-state index in [1.807, 2.05) is 0 Å². The zero-order valence-corrected chi connectivity index (χ0v) is 7.84. The maximum Gasteiger partial charge on any atom is 0.0817 e. The molecule has 1 aliphatic carbocycles. The topological polar surface area (TPSA) is 30.5 Å². The van der Waals surface area contributed by atoms with Gasteiger partial charge in [0.15, 0.2) is 0 Å². The fourth-order valence-electron chi connectivity index (χ4n) is 1.43. The van der Waals surface area contributed by atoms with Gasteiger partial charge in [-0.05, 0) is 19.3 Å². The van der Waals surface area contributed by atoms with Crippen LogP contribution in [0.3, 0.4) is 0 Å². The Balaban J connectivity index is 1.91. The summed E-state index contributed by atoms with van der Waals surface area (Å²) in [7, 11) is 0. The summed E-state index contributed by atoms with van der Waals surface area (Å²) in [5, 5.41) is 0. The molecule has 0 aromatic rings. The van der Waals surface area contributed by atoms with Gasteiger partial charge in [0.25, 0.3) is 0 Å². The number of hydrogen-bond acceptors (Lipinski definition) is 3. The normalized spacial score (nSPS) is 19.8. The lowest BCUT2D eigenvalue weighted by Gasteiger charge is -2.21. The summed E-state index contributed by atoms with van der Waals surface area (Å²) in [6.45, 7) is 2.79. The molecule has 3 heteroatoms. The Hall–Kier alpha value is -0.120. The van der Waals surface area contributed by atoms with Crippen molar-refractivity contribution in [1.29, 1.82) is 0 Å². The molecule has 1 rings (SSSR count). The lowest BCUT2D eigenvalue weighted by Crippen LogP contribution is -2.26. The quantitative estimate of drug-likeness (QED) is 0.510. The first-order valence-corrected chi connectivity index (χ1v) is 4.96. The second-order valence-electron chi connectivity index (χ2n) is 3.31. The van der Waals surface area contributed by atoms with Crippen molar-refractivity contribution in [1.82, 2.24) is 5.64 Å². The molecule has 0 saturated heterocycles. The molecule has 72 valence electrons. The highest BCUT2D eigenvalue weighted by Crippen LogP contribution is 2.19. The molecule has 0 amide bonds. The summed E-state index contributed by atoms with van der Waals surface area (Å²) in [5.74, 6) is 0. The van der Waals surface area contributed by atoms with E-state index in [9.17, 15) is 0 Å². The van der Waals surface area contributed by atoms with Crippen LogP contribution in [0.2, 0.25) is 0 Å². The molecule has 0 radical (unpaired) electrons. The summed E-state index contributed by atoms with van der Waals surface area (Å²) in [5.41, 5.74) is 2.56. The van der Waals surface area contributed by atoms with Crippen LogP contribution in [0.25, 0.3) is 0 Å². The van der Waals surface area contributed by atoms with E-state index in [4.69, 9.17) is 9.68 Å². The molecular weight excluding hydrogens is 154 g/mol. The molecule has 1 N–H and O–H groups in total. The minimum Gasteiger partial charge on any atom is -0.277 e. The van der Waals surface area contributed by atoms with Crippen LogP contribution in [-0.4, -0.2) is 12.7 Å². The Morgan fingerprint density at radius 3 is 2.67 bits per heavy atom. The first-order chi connectivity index (χ1) is 5.93. The second-order valence-corrected chi connectivity index (χ2v) is 3.31. The summed E-state index contributed by atoms with van der Waals surface area (Å²) in [4.78, 5) is 10.3. The van der Waals surface area contributed by atoms with Crippen LogP contribution >= 0.6 is 0 Å². The van der Waals surface area contributed by atoms with E-state index in [2.05, 4.69) is 12.6 Å². The predicted molar refractivity (Wildman–Crippen MR) is 47.3 cm³/mol. The molecule has 0 heterocycles. The van der Waals surface area contributed by atoms with Crippen molar-refractivity contribution < 1.29 is 9.68 Å². The number of rotatable bonds is 5. The smallest absolute Gasteiger partial charge is 0.0817 e. The minimum absolute atomic E-state index is 0.371. The van der Waals surface area contributed by atoms with Gasteiger partial charge >= 0.3 is 0 Å². The molecule has 0 bridgehead atoms. The van der Waals surface area contributed by atoms with E-state index in [1.165, 1.54) is 32.1 Å². The Bertz CT molecular complexity index is 103. The van der Waals surface area contributed by atoms with Gasteiger partial charge in [-0.15, -0.1) is 0 Å². The van der Waals surface area contributed by atoms with E-state index >= 15 is 0 Å². The molecule has 0 unspecified atom stereocenters. The van der Waals surface area contributed by atoms with Crippen molar-refractivity contribution >= 4 is 0 Å². The molecule has 0 aromatic heterocycles. The maximum atomic E-state index is 5.31. The average Bonchev–Trinajstić information content (AvgIpc) is 2.14. The molecule has 0 aliphatic heterocycles. The lowest BCUT2D eigenvalue weighted by molar-refractivity contribution is -0.203. The molecule has 1 fully saturated rings. The van der Waals surface area contributed by atoms with Crippen molar-refractivity contribution in [2.45, 2.75) is 51.6 Å². The fraction of sp³-hybridized carbons (Fsp3) is 1.00. The van der Waals surface area contributed by atoms with Crippen LogP contribution < -0.4 is 5.64 Å². The van der Waals surface area contributed by atoms with Crippen molar-refractivity contribution in [3.8, 4) is 0 Å². The molecule has 1 saturated carbocycles. The monoisotopic (exact) mass is 173 g/mol. The van der Waals surface area contributed by atoms with Gasteiger partial charge in [-0.25, -0.2) is 0 Å². The van der Waals surface area contributed by atoms with Crippen molar-refractivity contribution in [2.75, 3.05) is 6.61 Å². The van der Waals surface area contributed by atoms with E-state index in [0.717, 1.165) is 6.42 Å². The summed E-state index contributed by atoms with van der Waals surface area (Å²) >= 11 is 0. The van der Waals surface area contributed by atoms with Gasteiger partial charge in [0, 0.05) is 0 Å². The molecule has 0 spiro atoms. The Morgan fingerprint density at radius 1 is 1.25 bits per heavy atom. The van der Waals surface area contributed by atoms with E-state index in [0.29, 0.717) is 12.7 Å². The Kier molecular flexibility index (Phi) is 5.32. The van der Waals surface area contributed by atoms with Crippen LogP contribution in [0.1, 0.15) is 45.4 Å². The number of hydrogen-bond donors (Lipinski definition) is 1. The standard InChI is InChI=1S/C9H19NO2/c1-2-8-11-10-12-9-6-4-3-5-7-9/h9-10H,2-8H2,1H3. The largest absolute Gasteiger partial charge is 0.277 e. The van der Waals surface area contributed by atoms with Gasteiger partial charge in [-0.2, -0.15) is 0 Å². The Morgan fingerprint density at radius 2 is 2.00 bits per heavy atom. The molecule has 12 heavy (non-hydrogen) atoms. The number of nitrogens with one attached hydrogen (secondary N) is 1. The molecule has 0 aromatic carbocycles. The van der Waals surface area contributed by atoms with Crippen LogP contribution in [-0.2, 0) is 9.68 Å². The van der Waals surface area contributed by atoms with Gasteiger partial charge in [0.2, 0.25) is 0 Å². The lowest BCUT2D eigenvalue weighted by atomic mass is 9.98. The summed E-state index contributed by atoms with van der Waals surface area (Å²) in [6.07, 6.45) is 7.66. The van der Waals surface area contributed by atoms with Crippen LogP contribution in [0.15, 0.2) is 0 Å². The van der Waals surface area contributed by atoms with Crippen LogP contribution in [0, 0.1) is 0 Å². The third-order valence-corrected chi connectivity index (χ3v) is 2.13. The zero-order chi connectivity index (χ0) is 8.65.